The molecule has 1 N–H and O–H groups in total. The first kappa shape index (κ1) is 31.3. The summed E-state index contributed by atoms with van der Waals surface area (Å²) in [7, 11) is 0. The van der Waals surface area contributed by atoms with Gasteiger partial charge in [-0.1, -0.05) is 58.4 Å². The fourth-order valence-electron chi connectivity index (χ4n) is 4.58. The van der Waals surface area contributed by atoms with Crippen LogP contribution in [0.3, 0.4) is 0 Å². The number of carbonyl (C=O) groups is 3. The molecule has 1 aliphatic rings. The van der Waals surface area contributed by atoms with E-state index in [0.717, 1.165) is 20.5 Å². The van der Waals surface area contributed by atoms with Crippen molar-refractivity contribution in [2.24, 2.45) is 0 Å². The highest BCUT2D eigenvalue weighted by molar-refractivity contribution is 9.10. The summed E-state index contributed by atoms with van der Waals surface area (Å²) in [6, 6.07) is 26.5. The lowest BCUT2D eigenvalue weighted by Gasteiger charge is -2.26. The molecule has 0 bridgehead atoms. The molecule has 0 unspecified atom stereocenters. The Bertz CT molecular complexity index is 1720. The Morgan fingerprint density at radius 2 is 1.31 bits per heavy atom. The molecule has 10 heteroatoms. The van der Waals surface area contributed by atoms with E-state index < -0.39 is 17.8 Å². The standard InChI is InChI=1S/C35H31BrN2O7/c1-3-42-31-19-24(18-28-33(39)37-35(41)38(34(28)40)27-14-12-26(36)13-15-27)10-16-29(31)45-22-25-11-17-30(32(20-25)43-4-2)44-21-23-8-6-5-7-9-23/h5-20H,3-4,21-22H2,1-2H3,(H,37,39,41)/b28-18+. The third-order valence-electron chi connectivity index (χ3n) is 6.70. The molecule has 4 aromatic carbocycles. The van der Waals surface area contributed by atoms with Crippen molar-refractivity contribution in [2.75, 3.05) is 18.1 Å². The maximum atomic E-state index is 13.3. The minimum Gasteiger partial charge on any atom is -0.490 e. The van der Waals surface area contributed by atoms with Crippen LogP contribution in [0.4, 0.5) is 10.5 Å². The van der Waals surface area contributed by atoms with Gasteiger partial charge >= 0.3 is 6.03 Å². The van der Waals surface area contributed by atoms with Gasteiger partial charge < -0.3 is 18.9 Å². The number of imide groups is 2. The second-order valence-corrected chi connectivity index (χ2v) is 10.8. The summed E-state index contributed by atoms with van der Waals surface area (Å²) in [5, 5.41) is 2.24. The summed E-state index contributed by atoms with van der Waals surface area (Å²) in [6.07, 6.45) is 1.42. The van der Waals surface area contributed by atoms with Gasteiger partial charge in [-0.2, -0.15) is 0 Å². The zero-order chi connectivity index (χ0) is 31.8. The number of nitrogens with zero attached hydrogens (tertiary/aromatic N) is 1. The van der Waals surface area contributed by atoms with Crippen LogP contribution in [0.2, 0.25) is 0 Å². The molecule has 0 radical (unpaired) electrons. The molecule has 9 nitrogen and oxygen atoms in total. The Hall–Kier alpha value is -5.09. The molecule has 1 fully saturated rings. The summed E-state index contributed by atoms with van der Waals surface area (Å²) in [5.41, 5.74) is 2.58. The Kier molecular flexibility index (Phi) is 10.2. The first-order valence-corrected chi connectivity index (χ1v) is 15.1. The molecule has 0 saturated carbocycles. The largest absolute Gasteiger partial charge is 0.490 e. The first-order valence-electron chi connectivity index (χ1n) is 14.4. The van der Waals surface area contributed by atoms with Crippen LogP contribution in [0.25, 0.3) is 6.08 Å². The lowest BCUT2D eigenvalue weighted by molar-refractivity contribution is -0.122. The molecule has 0 spiro atoms. The Morgan fingerprint density at radius 1 is 0.689 bits per heavy atom. The number of nitrogens with one attached hydrogen (secondary N) is 1. The van der Waals surface area contributed by atoms with Gasteiger partial charge in [0, 0.05) is 4.47 Å². The van der Waals surface area contributed by atoms with Gasteiger partial charge in [0.1, 0.15) is 18.8 Å². The summed E-state index contributed by atoms with van der Waals surface area (Å²) in [4.78, 5) is 39.4. The summed E-state index contributed by atoms with van der Waals surface area (Å²) < 4.78 is 24.6. The monoisotopic (exact) mass is 670 g/mol. The van der Waals surface area contributed by atoms with E-state index in [4.69, 9.17) is 18.9 Å². The van der Waals surface area contributed by atoms with Gasteiger partial charge in [0.2, 0.25) is 0 Å². The minimum atomic E-state index is -0.813. The SMILES string of the molecule is CCOc1cc(/C=C2\C(=O)NC(=O)N(c3ccc(Br)cc3)C2=O)ccc1OCc1ccc(OCc2ccccc2)c(OCC)c1. The number of halogens is 1. The molecular weight excluding hydrogens is 640 g/mol. The van der Waals surface area contributed by atoms with E-state index in [0.29, 0.717) is 54.1 Å². The van der Waals surface area contributed by atoms with Crippen LogP contribution in [-0.2, 0) is 22.8 Å². The van der Waals surface area contributed by atoms with Gasteiger partial charge in [-0.05, 0) is 85.1 Å². The molecular formula is C35H31BrN2O7. The third kappa shape index (κ3) is 7.71. The van der Waals surface area contributed by atoms with Gasteiger partial charge in [0.25, 0.3) is 11.8 Å². The van der Waals surface area contributed by atoms with E-state index in [9.17, 15) is 14.4 Å². The number of urea groups is 1. The molecule has 1 aliphatic heterocycles. The number of barbiturate groups is 1. The van der Waals surface area contributed by atoms with Crippen molar-refractivity contribution >= 4 is 45.5 Å². The second kappa shape index (κ2) is 14.6. The van der Waals surface area contributed by atoms with Crippen molar-refractivity contribution < 1.29 is 33.3 Å². The average Bonchev–Trinajstić information content (AvgIpc) is 3.04. The van der Waals surface area contributed by atoms with Crippen LogP contribution >= 0.6 is 15.9 Å². The van der Waals surface area contributed by atoms with Gasteiger partial charge in [0.15, 0.2) is 23.0 Å². The van der Waals surface area contributed by atoms with Crippen molar-refractivity contribution in [3.8, 4) is 23.0 Å². The highest BCUT2D eigenvalue weighted by atomic mass is 79.9. The Morgan fingerprint density at radius 3 is 1.98 bits per heavy atom. The van der Waals surface area contributed by atoms with Gasteiger partial charge in [0.05, 0.1) is 18.9 Å². The number of ether oxygens (including phenoxy) is 4. The number of hydrogen-bond acceptors (Lipinski definition) is 7. The predicted octanol–water partition coefficient (Wildman–Crippen LogP) is 7.07. The van der Waals surface area contributed by atoms with E-state index in [1.165, 1.54) is 6.08 Å². The molecule has 1 heterocycles. The maximum Gasteiger partial charge on any atom is 0.335 e. The molecule has 230 valence electrons. The van der Waals surface area contributed by atoms with Gasteiger partial charge in [-0.25, -0.2) is 9.69 Å². The van der Waals surface area contributed by atoms with Gasteiger partial charge in [-0.15, -0.1) is 0 Å². The van der Waals surface area contributed by atoms with Crippen LogP contribution < -0.4 is 29.2 Å². The van der Waals surface area contributed by atoms with Crippen LogP contribution in [0, 0.1) is 0 Å². The zero-order valence-corrected chi connectivity index (χ0v) is 26.3. The molecule has 5 rings (SSSR count). The zero-order valence-electron chi connectivity index (χ0n) is 24.7. The quantitative estimate of drug-likeness (QED) is 0.127. The van der Waals surface area contributed by atoms with E-state index in [2.05, 4.69) is 21.2 Å². The number of amides is 4. The number of hydrogen-bond donors (Lipinski definition) is 1. The molecule has 45 heavy (non-hydrogen) atoms. The van der Waals surface area contributed by atoms with Crippen LogP contribution in [0.1, 0.15) is 30.5 Å². The highest BCUT2D eigenvalue weighted by Crippen LogP contribution is 2.33. The van der Waals surface area contributed by atoms with E-state index in [1.807, 2.05) is 62.4 Å². The van der Waals surface area contributed by atoms with Crippen molar-refractivity contribution in [1.29, 1.82) is 0 Å². The molecule has 0 aromatic heterocycles. The molecule has 1 saturated heterocycles. The van der Waals surface area contributed by atoms with E-state index >= 15 is 0 Å². The minimum absolute atomic E-state index is 0.188. The van der Waals surface area contributed by atoms with Crippen LogP contribution in [0.15, 0.2) is 101 Å². The summed E-state index contributed by atoms with van der Waals surface area (Å²) in [5.74, 6) is 0.659. The number of rotatable bonds is 12. The summed E-state index contributed by atoms with van der Waals surface area (Å²) >= 11 is 3.34. The fourth-order valence-corrected chi connectivity index (χ4v) is 4.84. The molecule has 0 aliphatic carbocycles. The summed E-state index contributed by atoms with van der Waals surface area (Å²) in [6.45, 7) is 5.25. The highest BCUT2D eigenvalue weighted by Gasteiger charge is 2.36. The number of anilines is 1. The van der Waals surface area contributed by atoms with Crippen molar-refractivity contribution in [3.05, 3.63) is 118 Å². The molecule has 4 amide bonds. The van der Waals surface area contributed by atoms with Crippen LogP contribution in [-0.4, -0.2) is 31.1 Å². The number of benzene rings is 4. The van der Waals surface area contributed by atoms with Crippen molar-refractivity contribution in [3.63, 3.8) is 0 Å². The van der Waals surface area contributed by atoms with Crippen molar-refractivity contribution in [1.82, 2.24) is 5.32 Å². The Balaban J connectivity index is 1.32. The average molecular weight is 672 g/mol. The lowest BCUT2D eigenvalue weighted by Crippen LogP contribution is -2.54. The molecule has 4 aromatic rings. The second-order valence-electron chi connectivity index (χ2n) is 9.85. The van der Waals surface area contributed by atoms with E-state index in [-0.39, 0.29) is 12.2 Å². The third-order valence-corrected chi connectivity index (χ3v) is 7.23. The van der Waals surface area contributed by atoms with E-state index in [1.54, 1.807) is 42.5 Å². The normalized spacial score (nSPS) is 13.9. The van der Waals surface area contributed by atoms with Crippen LogP contribution in [0.5, 0.6) is 23.0 Å². The first-order chi connectivity index (χ1) is 21.9. The molecule has 0 atom stereocenters. The number of carbonyl (C=O) groups excluding carboxylic acids is 3. The van der Waals surface area contributed by atoms with Gasteiger partial charge in [-0.3, -0.25) is 14.9 Å². The fraction of sp³-hybridized carbons (Fsp3) is 0.171. The Labute approximate surface area is 269 Å². The van der Waals surface area contributed by atoms with Crippen molar-refractivity contribution in [2.45, 2.75) is 27.1 Å². The maximum absolute atomic E-state index is 13.3. The smallest absolute Gasteiger partial charge is 0.335 e. The topological polar surface area (TPSA) is 103 Å². The predicted molar refractivity (Wildman–Crippen MR) is 173 cm³/mol. The lowest BCUT2D eigenvalue weighted by atomic mass is 10.1.